The second-order valence-electron chi connectivity index (χ2n) is 5.27. The normalized spacial score (nSPS) is 13.7. The number of carbonyl (C=O) groups excluding carboxylic acids is 2. The summed E-state index contributed by atoms with van der Waals surface area (Å²) in [5.74, 6) is -0.597. The predicted octanol–water partition coefficient (Wildman–Crippen LogP) is 3.61. The average Bonchev–Trinajstić information content (AvgIpc) is 2.60. The number of imide groups is 1. The van der Waals surface area contributed by atoms with Crippen LogP contribution in [0.25, 0.3) is 10.8 Å². The van der Waals surface area contributed by atoms with Crippen LogP contribution in [0.3, 0.4) is 0 Å². The molecule has 0 aliphatic carbocycles. The van der Waals surface area contributed by atoms with Crippen LogP contribution in [-0.2, 0) is 0 Å². The average molecular weight is 320 g/mol. The SMILES string of the molecule is NSc1ccc(N2C(=O)c3cccc4cccc(c34)C2=O)cc1. The van der Waals surface area contributed by atoms with Gasteiger partial charge in [0.25, 0.3) is 11.8 Å². The maximum Gasteiger partial charge on any atom is 0.265 e. The summed E-state index contributed by atoms with van der Waals surface area (Å²) in [4.78, 5) is 27.8. The predicted molar refractivity (Wildman–Crippen MR) is 91.6 cm³/mol. The molecule has 0 aromatic heterocycles. The third kappa shape index (κ3) is 2.05. The van der Waals surface area contributed by atoms with E-state index in [1.807, 2.05) is 24.3 Å². The molecular weight excluding hydrogens is 308 g/mol. The van der Waals surface area contributed by atoms with Crippen LogP contribution in [0.4, 0.5) is 5.69 Å². The van der Waals surface area contributed by atoms with E-state index in [4.69, 9.17) is 5.14 Å². The van der Waals surface area contributed by atoms with Crippen molar-refractivity contribution < 1.29 is 9.59 Å². The fraction of sp³-hybridized carbons (Fsp3) is 0. The van der Waals surface area contributed by atoms with Gasteiger partial charge in [-0.15, -0.1) is 0 Å². The fourth-order valence-electron chi connectivity index (χ4n) is 2.94. The number of nitrogens with two attached hydrogens (primary N) is 1. The molecule has 0 fully saturated rings. The lowest BCUT2D eigenvalue weighted by Gasteiger charge is -2.27. The zero-order chi connectivity index (χ0) is 16.0. The van der Waals surface area contributed by atoms with Gasteiger partial charge in [0.15, 0.2) is 0 Å². The summed E-state index contributed by atoms with van der Waals surface area (Å²) in [5, 5.41) is 7.15. The van der Waals surface area contributed by atoms with Crippen molar-refractivity contribution in [2.75, 3.05) is 4.90 Å². The van der Waals surface area contributed by atoms with Crippen LogP contribution in [0.2, 0.25) is 0 Å². The van der Waals surface area contributed by atoms with Gasteiger partial charge in [0, 0.05) is 21.4 Å². The first-order valence-electron chi connectivity index (χ1n) is 7.08. The lowest BCUT2D eigenvalue weighted by molar-refractivity contribution is 0.0893. The van der Waals surface area contributed by atoms with E-state index in [1.165, 1.54) is 4.90 Å². The minimum Gasteiger partial charge on any atom is -0.274 e. The van der Waals surface area contributed by atoms with Crippen molar-refractivity contribution in [2.45, 2.75) is 4.90 Å². The molecular formula is C18H12N2O2S. The van der Waals surface area contributed by atoms with Crippen LogP contribution in [0.15, 0.2) is 65.6 Å². The van der Waals surface area contributed by atoms with Crippen LogP contribution < -0.4 is 10.0 Å². The molecule has 1 heterocycles. The maximum atomic E-state index is 12.8. The molecule has 3 aromatic rings. The van der Waals surface area contributed by atoms with Gasteiger partial charge in [-0.3, -0.25) is 14.7 Å². The molecule has 0 atom stereocenters. The molecule has 1 aliphatic heterocycles. The van der Waals surface area contributed by atoms with E-state index in [0.717, 1.165) is 27.6 Å². The monoisotopic (exact) mass is 320 g/mol. The van der Waals surface area contributed by atoms with Crippen LogP contribution in [0.1, 0.15) is 20.7 Å². The quantitative estimate of drug-likeness (QED) is 0.579. The molecule has 4 nitrogen and oxygen atoms in total. The first-order valence-corrected chi connectivity index (χ1v) is 7.96. The van der Waals surface area contributed by atoms with Crippen LogP contribution in [0.5, 0.6) is 0 Å². The first-order chi connectivity index (χ1) is 11.2. The van der Waals surface area contributed by atoms with Gasteiger partial charge in [-0.25, -0.2) is 4.90 Å². The Morgan fingerprint density at radius 1 is 0.783 bits per heavy atom. The molecule has 3 aromatic carbocycles. The van der Waals surface area contributed by atoms with E-state index in [-0.39, 0.29) is 11.8 Å². The Labute approximate surface area is 137 Å². The van der Waals surface area contributed by atoms with Gasteiger partial charge < -0.3 is 0 Å². The van der Waals surface area contributed by atoms with Crippen LogP contribution in [0, 0.1) is 0 Å². The summed E-state index contributed by atoms with van der Waals surface area (Å²) < 4.78 is 0. The summed E-state index contributed by atoms with van der Waals surface area (Å²) in [6.45, 7) is 0. The molecule has 0 radical (unpaired) electrons. The molecule has 2 amide bonds. The minimum absolute atomic E-state index is 0.299. The minimum atomic E-state index is -0.299. The molecule has 0 unspecified atom stereocenters. The summed E-state index contributed by atoms with van der Waals surface area (Å²) in [7, 11) is 0. The molecule has 5 heteroatoms. The number of hydrogen-bond donors (Lipinski definition) is 1. The van der Waals surface area contributed by atoms with Crippen molar-refractivity contribution in [3.63, 3.8) is 0 Å². The molecule has 0 saturated carbocycles. The Bertz CT molecular complexity index is 900. The lowest BCUT2D eigenvalue weighted by atomic mass is 9.94. The topological polar surface area (TPSA) is 63.4 Å². The lowest BCUT2D eigenvalue weighted by Crippen LogP contribution is -2.40. The second kappa shape index (κ2) is 5.22. The third-order valence-corrected chi connectivity index (χ3v) is 4.55. The number of rotatable bonds is 2. The van der Waals surface area contributed by atoms with Crippen molar-refractivity contribution >= 4 is 40.2 Å². The first kappa shape index (κ1) is 14.0. The number of anilines is 1. The number of amides is 2. The highest BCUT2D eigenvalue weighted by Gasteiger charge is 2.33. The molecule has 112 valence electrons. The fourth-order valence-corrected chi connectivity index (χ4v) is 3.23. The second-order valence-corrected chi connectivity index (χ2v) is 5.97. The van der Waals surface area contributed by atoms with Crippen molar-refractivity contribution in [3.8, 4) is 0 Å². The van der Waals surface area contributed by atoms with Gasteiger partial charge in [0.2, 0.25) is 0 Å². The number of nitrogens with zero attached hydrogens (tertiary/aromatic N) is 1. The summed E-state index contributed by atoms with van der Waals surface area (Å²) >= 11 is 1.12. The van der Waals surface area contributed by atoms with Gasteiger partial charge in [-0.2, -0.15) is 0 Å². The maximum absolute atomic E-state index is 12.8. The largest absolute Gasteiger partial charge is 0.274 e. The van der Waals surface area contributed by atoms with E-state index < -0.39 is 0 Å². The van der Waals surface area contributed by atoms with Crippen LogP contribution >= 0.6 is 11.9 Å². The van der Waals surface area contributed by atoms with E-state index >= 15 is 0 Å². The van der Waals surface area contributed by atoms with Crippen molar-refractivity contribution in [2.24, 2.45) is 5.14 Å². The third-order valence-electron chi connectivity index (χ3n) is 4.00. The highest BCUT2D eigenvalue weighted by Crippen LogP contribution is 2.33. The van der Waals surface area contributed by atoms with Gasteiger partial charge >= 0.3 is 0 Å². The number of benzene rings is 3. The van der Waals surface area contributed by atoms with Crippen molar-refractivity contribution in [1.82, 2.24) is 0 Å². The molecule has 1 aliphatic rings. The van der Waals surface area contributed by atoms with Gasteiger partial charge in [0.05, 0.1) is 5.69 Å². The summed E-state index contributed by atoms with van der Waals surface area (Å²) in [6.07, 6.45) is 0. The number of hydrogen-bond acceptors (Lipinski definition) is 4. The van der Waals surface area contributed by atoms with E-state index in [1.54, 1.807) is 36.4 Å². The summed E-state index contributed by atoms with van der Waals surface area (Å²) in [6, 6.07) is 18.1. The molecule has 0 saturated heterocycles. The van der Waals surface area contributed by atoms with E-state index in [2.05, 4.69) is 0 Å². The number of carbonyl (C=O) groups is 2. The van der Waals surface area contributed by atoms with Crippen molar-refractivity contribution in [3.05, 3.63) is 71.8 Å². The highest BCUT2D eigenvalue weighted by molar-refractivity contribution is 7.97. The van der Waals surface area contributed by atoms with E-state index in [0.29, 0.717) is 16.8 Å². The Hall–Kier alpha value is -2.63. The van der Waals surface area contributed by atoms with Gasteiger partial charge in [0.1, 0.15) is 0 Å². The zero-order valence-corrected chi connectivity index (χ0v) is 12.8. The molecule has 23 heavy (non-hydrogen) atoms. The Morgan fingerprint density at radius 3 is 1.87 bits per heavy atom. The Kier molecular flexibility index (Phi) is 3.18. The summed E-state index contributed by atoms with van der Waals surface area (Å²) in [5.41, 5.74) is 1.65. The standard InChI is InChI=1S/C18H12N2O2S/c19-23-13-9-7-12(8-10-13)20-17(21)14-5-1-3-11-4-2-6-15(16(11)14)18(20)22/h1-10H,19H2. The van der Waals surface area contributed by atoms with Crippen molar-refractivity contribution in [1.29, 1.82) is 0 Å². The van der Waals surface area contributed by atoms with Crippen LogP contribution in [-0.4, -0.2) is 11.8 Å². The molecule has 4 rings (SSSR count). The molecule has 0 bridgehead atoms. The molecule has 2 N–H and O–H groups in total. The van der Waals surface area contributed by atoms with E-state index in [9.17, 15) is 9.59 Å². The Morgan fingerprint density at radius 2 is 1.35 bits per heavy atom. The zero-order valence-electron chi connectivity index (χ0n) is 12.0. The van der Waals surface area contributed by atoms with Gasteiger partial charge in [-0.05, 0) is 53.7 Å². The smallest absolute Gasteiger partial charge is 0.265 e. The molecule has 0 spiro atoms. The highest BCUT2D eigenvalue weighted by atomic mass is 32.2. The van der Waals surface area contributed by atoms with Gasteiger partial charge in [-0.1, -0.05) is 24.3 Å². The Balaban J connectivity index is 1.91.